The van der Waals surface area contributed by atoms with Gasteiger partial charge < -0.3 is 10.6 Å². The number of benzene rings is 1. The topological polar surface area (TPSA) is 41.1 Å². The Labute approximate surface area is 88.7 Å². The van der Waals surface area contributed by atoms with Crippen LogP contribution in [-0.4, -0.2) is 12.6 Å². The Morgan fingerprint density at radius 3 is 2.73 bits per heavy atom. The Balaban J connectivity index is 2.51. The van der Waals surface area contributed by atoms with E-state index in [1.165, 1.54) is 6.07 Å². The summed E-state index contributed by atoms with van der Waals surface area (Å²) in [7, 11) is 0. The lowest BCUT2D eigenvalue weighted by atomic mass is 10.1. The zero-order valence-electron chi connectivity index (χ0n) is 8.93. The largest absolute Gasteiger partial charge is 0.338 e. The summed E-state index contributed by atoms with van der Waals surface area (Å²) in [6, 6.07) is 4.69. The third-order valence-corrected chi connectivity index (χ3v) is 2.03. The fourth-order valence-corrected chi connectivity index (χ4v) is 1.15. The number of hydrogen-bond donors (Lipinski definition) is 2. The Kier molecular flexibility index (Phi) is 4.09. The molecule has 0 aliphatic rings. The van der Waals surface area contributed by atoms with Crippen molar-refractivity contribution in [3.63, 3.8) is 0 Å². The third kappa shape index (κ3) is 3.58. The highest BCUT2D eigenvalue weighted by atomic mass is 19.1. The number of carbonyl (C=O) groups is 1. The molecule has 0 fully saturated rings. The first kappa shape index (κ1) is 11.5. The molecule has 4 heteroatoms. The second kappa shape index (κ2) is 5.34. The van der Waals surface area contributed by atoms with Crippen LogP contribution in [0.5, 0.6) is 0 Å². The SMILES string of the molecule is CCNC(=O)NCc1ccc(C)c(F)c1. The van der Waals surface area contributed by atoms with Gasteiger partial charge in [0.15, 0.2) is 0 Å². The van der Waals surface area contributed by atoms with E-state index in [2.05, 4.69) is 10.6 Å². The molecule has 1 aromatic rings. The number of amides is 2. The van der Waals surface area contributed by atoms with E-state index in [1.807, 2.05) is 6.92 Å². The molecule has 0 heterocycles. The summed E-state index contributed by atoms with van der Waals surface area (Å²) in [5, 5.41) is 5.23. The fraction of sp³-hybridized carbons (Fsp3) is 0.364. The van der Waals surface area contributed by atoms with Crippen LogP contribution in [0.4, 0.5) is 9.18 Å². The first-order valence-corrected chi connectivity index (χ1v) is 4.90. The van der Waals surface area contributed by atoms with Crippen LogP contribution in [0.2, 0.25) is 0 Å². The highest BCUT2D eigenvalue weighted by Gasteiger charge is 2.01. The van der Waals surface area contributed by atoms with Gasteiger partial charge in [0.05, 0.1) is 0 Å². The van der Waals surface area contributed by atoms with Gasteiger partial charge in [-0.15, -0.1) is 0 Å². The van der Waals surface area contributed by atoms with Gasteiger partial charge in [-0.1, -0.05) is 12.1 Å². The maximum absolute atomic E-state index is 13.1. The first-order chi connectivity index (χ1) is 7.13. The number of aryl methyl sites for hydroxylation is 1. The first-order valence-electron chi connectivity index (χ1n) is 4.90. The lowest BCUT2D eigenvalue weighted by Crippen LogP contribution is -2.34. The summed E-state index contributed by atoms with van der Waals surface area (Å²) >= 11 is 0. The van der Waals surface area contributed by atoms with E-state index in [-0.39, 0.29) is 11.8 Å². The fourth-order valence-electron chi connectivity index (χ4n) is 1.15. The van der Waals surface area contributed by atoms with Crippen LogP contribution >= 0.6 is 0 Å². The summed E-state index contributed by atoms with van der Waals surface area (Å²) < 4.78 is 13.1. The number of hydrogen-bond acceptors (Lipinski definition) is 1. The van der Waals surface area contributed by atoms with Gasteiger partial charge in [-0.3, -0.25) is 0 Å². The molecule has 0 aromatic heterocycles. The predicted octanol–water partition coefficient (Wildman–Crippen LogP) is 1.95. The van der Waals surface area contributed by atoms with Crippen molar-refractivity contribution in [2.75, 3.05) is 6.54 Å². The highest BCUT2D eigenvalue weighted by Crippen LogP contribution is 2.08. The van der Waals surface area contributed by atoms with Gasteiger partial charge in [0.2, 0.25) is 0 Å². The van der Waals surface area contributed by atoms with Gasteiger partial charge in [0, 0.05) is 13.1 Å². The molecule has 1 rings (SSSR count). The van der Waals surface area contributed by atoms with Crippen molar-refractivity contribution in [3.05, 3.63) is 35.1 Å². The second-order valence-electron chi connectivity index (χ2n) is 3.30. The molecule has 0 saturated carbocycles. The number of rotatable bonds is 3. The van der Waals surface area contributed by atoms with Crippen molar-refractivity contribution in [2.45, 2.75) is 20.4 Å². The molecule has 0 radical (unpaired) electrons. The summed E-state index contributed by atoms with van der Waals surface area (Å²) in [4.78, 5) is 11.1. The second-order valence-corrected chi connectivity index (χ2v) is 3.30. The maximum Gasteiger partial charge on any atom is 0.315 e. The highest BCUT2D eigenvalue weighted by molar-refractivity contribution is 5.73. The third-order valence-electron chi connectivity index (χ3n) is 2.03. The van der Waals surface area contributed by atoms with Crippen LogP contribution in [0.1, 0.15) is 18.1 Å². The molecular weight excluding hydrogens is 195 g/mol. The van der Waals surface area contributed by atoms with E-state index in [9.17, 15) is 9.18 Å². The minimum atomic E-state index is -0.245. The van der Waals surface area contributed by atoms with Crippen LogP contribution in [-0.2, 0) is 6.54 Å². The van der Waals surface area contributed by atoms with E-state index in [4.69, 9.17) is 0 Å². The molecule has 2 amide bonds. The van der Waals surface area contributed by atoms with E-state index >= 15 is 0 Å². The van der Waals surface area contributed by atoms with Crippen LogP contribution in [0.3, 0.4) is 0 Å². The molecule has 0 atom stereocenters. The van der Waals surface area contributed by atoms with Crippen LogP contribution in [0.15, 0.2) is 18.2 Å². The smallest absolute Gasteiger partial charge is 0.315 e. The standard InChI is InChI=1S/C11H15FN2O/c1-3-13-11(15)14-7-9-5-4-8(2)10(12)6-9/h4-6H,3,7H2,1-2H3,(H2,13,14,15). The molecule has 15 heavy (non-hydrogen) atoms. The van der Waals surface area contributed by atoms with E-state index in [0.29, 0.717) is 18.7 Å². The van der Waals surface area contributed by atoms with Gasteiger partial charge in [0.25, 0.3) is 0 Å². The van der Waals surface area contributed by atoms with Crippen molar-refractivity contribution >= 4 is 6.03 Å². The molecule has 3 nitrogen and oxygen atoms in total. The summed E-state index contributed by atoms with van der Waals surface area (Å²) in [5.74, 6) is -0.245. The minimum absolute atomic E-state index is 0.238. The average molecular weight is 210 g/mol. The lowest BCUT2D eigenvalue weighted by Gasteiger charge is -2.06. The zero-order chi connectivity index (χ0) is 11.3. The van der Waals surface area contributed by atoms with E-state index in [0.717, 1.165) is 5.56 Å². The van der Waals surface area contributed by atoms with Crippen LogP contribution in [0.25, 0.3) is 0 Å². The number of halogens is 1. The molecule has 2 N–H and O–H groups in total. The Bertz CT molecular complexity index is 352. The van der Waals surface area contributed by atoms with Crippen molar-refractivity contribution in [2.24, 2.45) is 0 Å². The van der Waals surface area contributed by atoms with Crippen molar-refractivity contribution in [1.29, 1.82) is 0 Å². The molecule has 1 aromatic carbocycles. The molecule has 0 aliphatic heterocycles. The van der Waals surface area contributed by atoms with Gasteiger partial charge in [0.1, 0.15) is 5.82 Å². The van der Waals surface area contributed by atoms with Gasteiger partial charge in [-0.2, -0.15) is 0 Å². The lowest BCUT2D eigenvalue weighted by molar-refractivity contribution is 0.241. The van der Waals surface area contributed by atoms with Crippen molar-refractivity contribution in [3.8, 4) is 0 Å². The monoisotopic (exact) mass is 210 g/mol. The summed E-state index contributed by atoms with van der Waals surface area (Å²) in [6.45, 7) is 4.46. The maximum atomic E-state index is 13.1. The molecule has 0 aliphatic carbocycles. The molecule has 0 spiro atoms. The molecule has 82 valence electrons. The predicted molar refractivity (Wildman–Crippen MR) is 57.0 cm³/mol. The number of nitrogens with one attached hydrogen (secondary N) is 2. The Morgan fingerprint density at radius 2 is 2.13 bits per heavy atom. The van der Waals surface area contributed by atoms with Crippen molar-refractivity contribution in [1.82, 2.24) is 10.6 Å². The van der Waals surface area contributed by atoms with E-state index < -0.39 is 0 Å². The van der Waals surface area contributed by atoms with Gasteiger partial charge >= 0.3 is 6.03 Å². The average Bonchev–Trinajstić information content (AvgIpc) is 2.20. The van der Waals surface area contributed by atoms with Gasteiger partial charge in [-0.25, -0.2) is 9.18 Å². The summed E-state index contributed by atoms with van der Waals surface area (Å²) in [5.41, 5.74) is 1.36. The van der Waals surface area contributed by atoms with Crippen molar-refractivity contribution < 1.29 is 9.18 Å². The molecular formula is C11H15FN2O. The quantitative estimate of drug-likeness (QED) is 0.786. The summed E-state index contributed by atoms with van der Waals surface area (Å²) in [6.07, 6.45) is 0. The minimum Gasteiger partial charge on any atom is -0.338 e. The number of carbonyl (C=O) groups excluding carboxylic acids is 1. The Hall–Kier alpha value is -1.58. The van der Waals surface area contributed by atoms with Gasteiger partial charge in [-0.05, 0) is 31.0 Å². The van der Waals surface area contributed by atoms with Crippen LogP contribution < -0.4 is 10.6 Å². The Morgan fingerprint density at radius 1 is 1.40 bits per heavy atom. The van der Waals surface area contributed by atoms with E-state index in [1.54, 1.807) is 19.1 Å². The van der Waals surface area contributed by atoms with Crippen LogP contribution in [0, 0.1) is 12.7 Å². The molecule has 0 unspecified atom stereocenters. The zero-order valence-corrected chi connectivity index (χ0v) is 8.93. The molecule has 0 saturated heterocycles. The normalized spacial score (nSPS) is 9.80. The molecule has 0 bridgehead atoms. The number of urea groups is 1.